The van der Waals surface area contributed by atoms with Gasteiger partial charge in [-0.15, -0.1) is 0 Å². The molecule has 0 aromatic rings. The van der Waals surface area contributed by atoms with Crippen LogP contribution in [0.15, 0.2) is 0 Å². The third kappa shape index (κ3) is 3.24. The summed E-state index contributed by atoms with van der Waals surface area (Å²) in [5, 5.41) is 0. The van der Waals surface area contributed by atoms with Crippen LogP contribution in [0, 0.1) is 5.41 Å². The first-order valence-electron chi connectivity index (χ1n) is 6.72. The fourth-order valence-corrected chi connectivity index (χ4v) is 3.91. The lowest BCUT2D eigenvalue weighted by Crippen LogP contribution is -2.55. The summed E-state index contributed by atoms with van der Waals surface area (Å²) in [5.41, 5.74) is 0.288. The maximum Gasteiger partial charge on any atom is 0.0652 e. The molecule has 0 aliphatic heterocycles. The quantitative estimate of drug-likeness (QED) is 0.658. The van der Waals surface area contributed by atoms with Gasteiger partial charge in [0.25, 0.3) is 0 Å². The molecular formula is C14H27BrO2. The molecule has 0 aromatic heterocycles. The van der Waals surface area contributed by atoms with Gasteiger partial charge >= 0.3 is 0 Å². The molecule has 2 unspecified atom stereocenters. The molecule has 0 amide bonds. The van der Waals surface area contributed by atoms with E-state index in [9.17, 15) is 0 Å². The van der Waals surface area contributed by atoms with Gasteiger partial charge in [-0.25, -0.2) is 0 Å². The molecule has 0 aromatic carbocycles. The standard InChI is InChI=1S/C14H27BrO2/c1-6-14(7-2)11(15)10-12(14)17-9-8-13(3,4)16-5/h11-12H,6-10H2,1-5H3. The van der Waals surface area contributed by atoms with Crippen LogP contribution in [0.2, 0.25) is 0 Å². The van der Waals surface area contributed by atoms with E-state index < -0.39 is 0 Å². The minimum atomic E-state index is -0.0708. The molecular weight excluding hydrogens is 280 g/mol. The molecule has 1 aliphatic rings. The van der Waals surface area contributed by atoms with Gasteiger partial charge in [-0.2, -0.15) is 0 Å². The minimum absolute atomic E-state index is 0.0708. The summed E-state index contributed by atoms with van der Waals surface area (Å²) in [6.45, 7) is 9.56. The monoisotopic (exact) mass is 306 g/mol. The Kier molecular flexibility index (Phi) is 5.48. The molecule has 0 spiro atoms. The zero-order chi connectivity index (χ0) is 13.1. The van der Waals surface area contributed by atoms with Gasteiger partial charge in [0.05, 0.1) is 11.7 Å². The van der Waals surface area contributed by atoms with E-state index in [-0.39, 0.29) is 5.60 Å². The summed E-state index contributed by atoms with van der Waals surface area (Å²) in [4.78, 5) is 0.630. The Morgan fingerprint density at radius 3 is 2.29 bits per heavy atom. The molecule has 3 heteroatoms. The molecule has 2 nitrogen and oxygen atoms in total. The molecule has 17 heavy (non-hydrogen) atoms. The molecule has 0 bridgehead atoms. The first kappa shape index (κ1) is 15.5. The van der Waals surface area contributed by atoms with Crippen molar-refractivity contribution in [3.63, 3.8) is 0 Å². The highest BCUT2D eigenvalue weighted by atomic mass is 79.9. The Hall–Kier alpha value is 0.400. The Morgan fingerprint density at radius 2 is 1.88 bits per heavy atom. The van der Waals surface area contributed by atoms with E-state index >= 15 is 0 Å². The van der Waals surface area contributed by atoms with Gasteiger partial charge in [-0.1, -0.05) is 29.8 Å². The number of hydrogen-bond acceptors (Lipinski definition) is 2. The minimum Gasteiger partial charge on any atom is -0.379 e. The predicted octanol–water partition coefficient (Wildman–Crippen LogP) is 4.16. The molecule has 0 N–H and O–H groups in total. The summed E-state index contributed by atoms with van der Waals surface area (Å²) in [5.74, 6) is 0. The molecule has 102 valence electrons. The maximum absolute atomic E-state index is 6.07. The van der Waals surface area contributed by atoms with Crippen LogP contribution >= 0.6 is 15.9 Å². The van der Waals surface area contributed by atoms with Crippen LogP contribution in [0.25, 0.3) is 0 Å². The van der Waals surface area contributed by atoms with Gasteiger partial charge in [0.15, 0.2) is 0 Å². The Labute approximate surface area is 115 Å². The first-order chi connectivity index (χ1) is 7.91. The summed E-state index contributed by atoms with van der Waals surface area (Å²) >= 11 is 3.78. The molecule has 1 rings (SSSR count). The fraction of sp³-hybridized carbons (Fsp3) is 1.00. The van der Waals surface area contributed by atoms with Crippen LogP contribution in [0.5, 0.6) is 0 Å². The second-order valence-electron chi connectivity index (χ2n) is 5.72. The lowest BCUT2D eigenvalue weighted by Gasteiger charge is -2.53. The maximum atomic E-state index is 6.07. The van der Waals surface area contributed by atoms with Crippen molar-refractivity contribution in [3.8, 4) is 0 Å². The van der Waals surface area contributed by atoms with E-state index in [4.69, 9.17) is 9.47 Å². The van der Waals surface area contributed by atoms with Gasteiger partial charge in [-0.05, 0) is 39.5 Å². The van der Waals surface area contributed by atoms with Crippen molar-refractivity contribution in [2.75, 3.05) is 13.7 Å². The van der Waals surface area contributed by atoms with Crippen molar-refractivity contribution in [1.29, 1.82) is 0 Å². The number of methoxy groups -OCH3 is 1. The molecule has 1 saturated carbocycles. The average Bonchev–Trinajstić information content (AvgIpc) is 2.29. The Bertz CT molecular complexity index is 236. The zero-order valence-electron chi connectivity index (χ0n) is 11.9. The average molecular weight is 307 g/mol. The van der Waals surface area contributed by atoms with E-state index in [1.54, 1.807) is 7.11 Å². The number of alkyl halides is 1. The SMILES string of the molecule is CCC1(CC)C(Br)CC1OCCC(C)(C)OC. The van der Waals surface area contributed by atoms with Crippen LogP contribution in [-0.2, 0) is 9.47 Å². The fourth-order valence-electron chi connectivity index (χ4n) is 2.63. The third-order valence-corrected chi connectivity index (χ3v) is 5.86. The normalized spacial score (nSPS) is 27.9. The van der Waals surface area contributed by atoms with Crippen molar-refractivity contribution < 1.29 is 9.47 Å². The molecule has 1 aliphatic carbocycles. The molecule has 0 heterocycles. The van der Waals surface area contributed by atoms with E-state index in [1.807, 2.05) is 0 Å². The Balaban J connectivity index is 2.38. The molecule has 0 saturated heterocycles. The summed E-state index contributed by atoms with van der Waals surface area (Å²) in [6, 6.07) is 0. The predicted molar refractivity (Wildman–Crippen MR) is 75.8 cm³/mol. The highest BCUT2D eigenvalue weighted by Gasteiger charge is 2.52. The molecule has 0 radical (unpaired) electrons. The van der Waals surface area contributed by atoms with Crippen molar-refractivity contribution in [2.45, 2.75) is 69.9 Å². The van der Waals surface area contributed by atoms with Gasteiger partial charge in [0, 0.05) is 24.0 Å². The smallest absolute Gasteiger partial charge is 0.0652 e. The number of hydrogen-bond donors (Lipinski definition) is 0. The van der Waals surface area contributed by atoms with Crippen LogP contribution in [-0.4, -0.2) is 30.2 Å². The molecule has 2 atom stereocenters. The highest BCUT2D eigenvalue weighted by Crippen LogP contribution is 2.52. The number of rotatable bonds is 7. The number of halogens is 1. The highest BCUT2D eigenvalue weighted by molar-refractivity contribution is 9.09. The number of ether oxygens (including phenoxy) is 2. The third-order valence-electron chi connectivity index (χ3n) is 4.58. The second kappa shape index (κ2) is 6.03. The van der Waals surface area contributed by atoms with Gasteiger partial charge in [-0.3, -0.25) is 0 Å². The van der Waals surface area contributed by atoms with Gasteiger partial charge in [0.2, 0.25) is 0 Å². The summed E-state index contributed by atoms with van der Waals surface area (Å²) < 4.78 is 11.5. The van der Waals surface area contributed by atoms with Crippen molar-refractivity contribution in [3.05, 3.63) is 0 Å². The lowest BCUT2D eigenvalue weighted by molar-refractivity contribution is -0.120. The van der Waals surface area contributed by atoms with Crippen LogP contribution in [0.4, 0.5) is 0 Å². The van der Waals surface area contributed by atoms with E-state index in [1.165, 1.54) is 12.8 Å². The van der Waals surface area contributed by atoms with Gasteiger partial charge < -0.3 is 9.47 Å². The first-order valence-corrected chi connectivity index (χ1v) is 7.64. The van der Waals surface area contributed by atoms with Crippen LogP contribution < -0.4 is 0 Å². The van der Waals surface area contributed by atoms with Crippen LogP contribution in [0.1, 0.15) is 53.4 Å². The summed E-state index contributed by atoms with van der Waals surface area (Å²) in [7, 11) is 1.76. The van der Waals surface area contributed by atoms with Gasteiger partial charge in [0.1, 0.15) is 0 Å². The van der Waals surface area contributed by atoms with E-state index in [0.717, 1.165) is 19.4 Å². The topological polar surface area (TPSA) is 18.5 Å². The summed E-state index contributed by atoms with van der Waals surface area (Å²) in [6.07, 6.45) is 4.91. The van der Waals surface area contributed by atoms with Crippen molar-refractivity contribution in [2.24, 2.45) is 5.41 Å². The Morgan fingerprint density at radius 1 is 1.29 bits per heavy atom. The zero-order valence-corrected chi connectivity index (χ0v) is 13.5. The molecule has 1 fully saturated rings. The largest absolute Gasteiger partial charge is 0.379 e. The van der Waals surface area contributed by atoms with E-state index in [0.29, 0.717) is 16.3 Å². The van der Waals surface area contributed by atoms with Crippen LogP contribution in [0.3, 0.4) is 0 Å². The van der Waals surface area contributed by atoms with Crippen molar-refractivity contribution in [1.82, 2.24) is 0 Å². The second-order valence-corrected chi connectivity index (χ2v) is 6.82. The lowest BCUT2D eigenvalue weighted by atomic mass is 9.62. The van der Waals surface area contributed by atoms with E-state index in [2.05, 4.69) is 43.6 Å². The van der Waals surface area contributed by atoms with Crippen molar-refractivity contribution >= 4 is 15.9 Å².